The van der Waals surface area contributed by atoms with E-state index in [1.807, 2.05) is 18.2 Å². The minimum Gasteiger partial charge on any atom is -0.307 e. The molecular weight excluding hydrogens is 409 g/mol. The summed E-state index contributed by atoms with van der Waals surface area (Å²) < 4.78 is 2.29. The SMILES string of the molecule is CC1(C)c2ccccc2-c2c1ccc1c3ccccc3n(-c3cccc(Cl)c3Cl)c21. The van der Waals surface area contributed by atoms with Crippen LogP contribution >= 0.6 is 23.2 Å². The lowest BCUT2D eigenvalue weighted by molar-refractivity contribution is 0.661. The summed E-state index contributed by atoms with van der Waals surface area (Å²) >= 11 is 13.2. The molecule has 4 aromatic carbocycles. The summed E-state index contributed by atoms with van der Waals surface area (Å²) in [5, 5.41) is 3.58. The van der Waals surface area contributed by atoms with E-state index in [9.17, 15) is 0 Å². The summed E-state index contributed by atoms with van der Waals surface area (Å²) in [5.74, 6) is 0. The van der Waals surface area contributed by atoms with E-state index in [0.29, 0.717) is 10.0 Å². The smallest absolute Gasteiger partial charge is 0.0832 e. The van der Waals surface area contributed by atoms with Crippen LogP contribution in [-0.2, 0) is 5.41 Å². The maximum absolute atomic E-state index is 6.74. The maximum Gasteiger partial charge on any atom is 0.0832 e. The molecule has 0 atom stereocenters. The fraction of sp³-hybridized carbons (Fsp3) is 0.111. The van der Waals surface area contributed by atoms with Gasteiger partial charge in [-0.25, -0.2) is 0 Å². The Labute approximate surface area is 185 Å². The van der Waals surface area contributed by atoms with Gasteiger partial charge in [-0.05, 0) is 34.9 Å². The van der Waals surface area contributed by atoms with Gasteiger partial charge in [0, 0.05) is 21.8 Å². The molecule has 0 amide bonds. The quantitative estimate of drug-likeness (QED) is 0.253. The van der Waals surface area contributed by atoms with E-state index in [1.165, 1.54) is 38.5 Å². The number of halogens is 2. The second-order valence-corrected chi connectivity index (χ2v) is 9.27. The Kier molecular flexibility index (Phi) is 3.69. The van der Waals surface area contributed by atoms with E-state index in [4.69, 9.17) is 23.2 Å². The highest BCUT2D eigenvalue weighted by Gasteiger charge is 2.37. The Balaban J connectivity index is 1.89. The lowest BCUT2D eigenvalue weighted by Gasteiger charge is -2.21. The van der Waals surface area contributed by atoms with Crippen LogP contribution in [0.15, 0.2) is 78.9 Å². The fourth-order valence-corrected chi connectivity index (χ4v) is 5.54. The van der Waals surface area contributed by atoms with Crippen molar-refractivity contribution < 1.29 is 0 Å². The topological polar surface area (TPSA) is 4.93 Å². The molecule has 0 spiro atoms. The molecule has 146 valence electrons. The highest BCUT2D eigenvalue weighted by molar-refractivity contribution is 6.43. The van der Waals surface area contributed by atoms with Crippen molar-refractivity contribution in [2.75, 3.05) is 0 Å². The second kappa shape index (κ2) is 6.14. The Morgan fingerprint density at radius 3 is 2.33 bits per heavy atom. The molecule has 0 fully saturated rings. The third-order valence-corrected chi connectivity index (χ3v) is 7.36. The number of fused-ring (bicyclic) bond motifs is 7. The minimum atomic E-state index is -0.0560. The largest absolute Gasteiger partial charge is 0.307 e. The van der Waals surface area contributed by atoms with Crippen LogP contribution < -0.4 is 0 Å². The standard InChI is InChI=1S/C27H19Cl2N/c1-27(2)19-10-5-3-9-18(19)24-20(27)15-14-17-16-8-4-6-12-22(16)30(26(17)24)23-13-7-11-21(28)25(23)29/h3-15H,1-2H3. The van der Waals surface area contributed by atoms with Gasteiger partial charge in [0.05, 0.1) is 26.8 Å². The first kappa shape index (κ1) is 18.1. The molecule has 1 aromatic heterocycles. The van der Waals surface area contributed by atoms with Crippen LogP contribution in [0.2, 0.25) is 10.0 Å². The second-order valence-electron chi connectivity index (χ2n) is 8.48. The van der Waals surface area contributed by atoms with Crippen LogP contribution in [0.4, 0.5) is 0 Å². The molecule has 3 heteroatoms. The van der Waals surface area contributed by atoms with Gasteiger partial charge in [-0.3, -0.25) is 0 Å². The normalized spacial score (nSPS) is 14.3. The van der Waals surface area contributed by atoms with E-state index in [2.05, 4.69) is 79.1 Å². The summed E-state index contributed by atoms with van der Waals surface area (Å²) in [7, 11) is 0. The lowest BCUT2D eigenvalue weighted by Crippen LogP contribution is -2.14. The Hall–Kier alpha value is -2.74. The number of rotatable bonds is 1. The molecule has 30 heavy (non-hydrogen) atoms. The first-order valence-corrected chi connectivity index (χ1v) is 10.9. The van der Waals surface area contributed by atoms with Crippen LogP contribution in [0.3, 0.4) is 0 Å². The number of aromatic nitrogens is 1. The highest BCUT2D eigenvalue weighted by atomic mass is 35.5. The summed E-state index contributed by atoms with van der Waals surface area (Å²) in [6.07, 6.45) is 0. The van der Waals surface area contributed by atoms with Gasteiger partial charge >= 0.3 is 0 Å². The van der Waals surface area contributed by atoms with E-state index >= 15 is 0 Å². The molecule has 1 aliphatic rings. The third kappa shape index (κ3) is 2.20. The predicted molar refractivity (Wildman–Crippen MR) is 128 cm³/mol. The van der Waals surface area contributed by atoms with E-state index in [1.54, 1.807) is 0 Å². The molecule has 0 bridgehead atoms. The zero-order valence-corrected chi connectivity index (χ0v) is 18.2. The van der Waals surface area contributed by atoms with Crippen LogP contribution in [0.25, 0.3) is 38.6 Å². The van der Waals surface area contributed by atoms with Gasteiger partial charge < -0.3 is 4.57 Å². The van der Waals surface area contributed by atoms with Crippen LogP contribution in [0.5, 0.6) is 0 Å². The average Bonchev–Trinajstić information content (AvgIpc) is 3.20. The lowest BCUT2D eigenvalue weighted by atomic mass is 9.82. The summed E-state index contributed by atoms with van der Waals surface area (Å²) in [6, 6.07) is 27.7. The Morgan fingerprint density at radius 1 is 0.700 bits per heavy atom. The molecule has 0 aliphatic heterocycles. The average molecular weight is 428 g/mol. The van der Waals surface area contributed by atoms with Crippen molar-refractivity contribution in [1.82, 2.24) is 4.57 Å². The molecule has 1 aliphatic carbocycles. The van der Waals surface area contributed by atoms with Crippen molar-refractivity contribution in [2.24, 2.45) is 0 Å². The molecule has 0 saturated carbocycles. The molecule has 1 heterocycles. The number of para-hydroxylation sites is 1. The molecule has 0 unspecified atom stereocenters. The van der Waals surface area contributed by atoms with Gasteiger partial charge in [0.15, 0.2) is 0 Å². The van der Waals surface area contributed by atoms with Gasteiger partial charge in [0.25, 0.3) is 0 Å². The monoisotopic (exact) mass is 427 g/mol. The molecule has 0 N–H and O–H groups in total. The van der Waals surface area contributed by atoms with Gasteiger partial charge in [0.2, 0.25) is 0 Å². The summed E-state index contributed by atoms with van der Waals surface area (Å²) in [5.41, 5.74) is 8.47. The van der Waals surface area contributed by atoms with Crippen molar-refractivity contribution in [3.05, 3.63) is 100 Å². The van der Waals surface area contributed by atoms with E-state index < -0.39 is 0 Å². The highest BCUT2D eigenvalue weighted by Crippen LogP contribution is 2.53. The first-order chi connectivity index (χ1) is 14.5. The van der Waals surface area contributed by atoms with Crippen LogP contribution in [0.1, 0.15) is 25.0 Å². The molecule has 5 aromatic rings. The first-order valence-electron chi connectivity index (χ1n) is 10.1. The van der Waals surface area contributed by atoms with Crippen molar-refractivity contribution in [2.45, 2.75) is 19.3 Å². The van der Waals surface area contributed by atoms with Crippen molar-refractivity contribution in [3.63, 3.8) is 0 Å². The molecule has 0 saturated heterocycles. The fourth-order valence-electron chi connectivity index (χ4n) is 5.16. The predicted octanol–water partition coefficient (Wildman–Crippen LogP) is 8.40. The van der Waals surface area contributed by atoms with Crippen molar-refractivity contribution >= 4 is 45.0 Å². The van der Waals surface area contributed by atoms with Crippen molar-refractivity contribution in [3.8, 4) is 16.8 Å². The zero-order chi connectivity index (χ0) is 20.6. The molecule has 0 radical (unpaired) electrons. The summed E-state index contributed by atoms with van der Waals surface area (Å²) in [6.45, 7) is 4.62. The number of hydrogen-bond acceptors (Lipinski definition) is 0. The van der Waals surface area contributed by atoms with Gasteiger partial charge in [-0.15, -0.1) is 0 Å². The van der Waals surface area contributed by atoms with Gasteiger partial charge in [-0.1, -0.05) is 97.7 Å². The number of nitrogens with zero attached hydrogens (tertiary/aromatic N) is 1. The maximum atomic E-state index is 6.74. The molecule has 6 rings (SSSR count). The summed E-state index contributed by atoms with van der Waals surface area (Å²) in [4.78, 5) is 0. The minimum absolute atomic E-state index is 0.0560. The van der Waals surface area contributed by atoms with Crippen LogP contribution in [0, 0.1) is 0 Å². The van der Waals surface area contributed by atoms with E-state index in [-0.39, 0.29) is 5.41 Å². The Morgan fingerprint density at radius 2 is 1.47 bits per heavy atom. The van der Waals surface area contributed by atoms with E-state index in [0.717, 1.165) is 11.2 Å². The third-order valence-electron chi connectivity index (χ3n) is 6.55. The van der Waals surface area contributed by atoms with Crippen LogP contribution in [-0.4, -0.2) is 4.57 Å². The zero-order valence-electron chi connectivity index (χ0n) is 16.7. The Bertz CT molecular complexity index is 1490. The van der Waals surface area contributed by atoms with Gasteiger partial charge in [-0.2, -0.15) is 0 Å². The van der Waals surface area contributed by atoms with Gasteiger partial charge in [0.1, 0.15) is 0 Å². The molecule has 1 nitrogen and oxygen atoms in total. The molecular formula is C27H19Cl2N. The number of benzene rings is 4. The van der Waals surface area contributed by atoms with Crippen molar-refractivity contribution in [1.29, 1.82) is 0 Å². The number of hydrogen-bond donors (Lipinski definition) is 0.